The van der Waals surface area contributed by atoms with Crippen molar-refractivity contribution in [3.05, 3.63) is 74.9 Å². The monoisotopic (exact) mass is 461 g/mol. The average molecular weight is 462 g/mol. The van der Waals surface area contributed by atoms with E-state index in [9.17, 15) is 10.1 Å². The Morgan fingerprint density at radius 3 is 2.68 bits per heavy atom. The molecule has 144 valence electrons. The molecular formula is C18H16BrN5O3S. The van der Waals surface area contributed by atoms with Crippen LogP contribution in [0.2, 0.25) is 0 Å². The van der Waals surface area contributed by atoms with Crippen molar-refractivity contribution in [2.24, 2.45) is 0 Å². The summed E-state index contributed by atoms with van der Waals surface area (Å²) in [5.74, 6) is 0.898. The summed E-state index contributed by atoms with van der Waals surface area (Å²) in [4.78, 5) is 10.4. The van der Waals surface area contributed by atoms with Crippen LogP contribution < -0.4 is 15.4 Å². The van der Waals surface area contributed by atoms with Gasteiger partial charge >= 0.3 is 0 Å². The van der Waals surface area contributed by atoms with Crippen molar-refractivity contribution in [2.45, 2.75) is 6.54 Å². The van der Waals surface area contributed by atoms with E-state index in [-0.39, 0.29) is 5.69 Å². The van der Waals surface area contributed by atoms with Crippen LogP contribution in [0.5, 0.6) is 5.75 Å². The predicted octanol–water partition coefficient (Wildman–Crippen LogP) is 4.42. The van der Waals surface area contributed by atoms with Crippen LogP contribution in [-0.4, -0.2) is 26.9 Å². The van der Waals surface area contributed by atoms with Crippen molar-refractivity contribution >= 4 is 50.5 Å². The first-order chi connectivity index (χ1) is 13.4. The normalized spacial score (nSPS) is 10.4. The molecule has 0 amide bonds. The summed E-state index contributed by atoms with van der Waals surface area (Å²) in [6.07, 6.45) is 1.85. The first kappa shape index (κ1) is 19.8. The van der Waals surface area contributed by atoms with Gasteiger partial charge in [-0.3, -0.25) is 14.8 Å². The second kappa shape index (κ2) is 8.81. The number of thiocarbonyl (C=S) groups is 1. The molecule has 1 aromatic heterocycles. The van der Waals surface area contributed by atoms with Gasteiger partial charge in [-0.05, 0) is 36.0 Å². The fourth-order valence-corrected chi connectivity index (χ4v) is 2.94. The van der Waals surface area contributed by atoms with Crippen LogP contribution in [-0.2, 0) is 6.54 Å². The van der Waals surface area contributed by atoms with Crippen LogP contribution >= 0.6 is 28.1 Å². The van der Waals surface area contributed by atoms with Crippen LogP contribution in [0.3, 0.4) is 0 Å². The van der Waals surface area contributed by atoms with Gasteiger partial charge < -0.3 is 15.4 Å². The number of nitro groups is 1. The summed E-state index contributed by atoms with van der Waals surface area (Å²) in [5, 5.41) is 21.5. The molecular weight excluding hydrogens is 446 g/mol. The summed E-state index contributed by atoms with van der Waals surface area (Å²) >= 11 is 8.71. The zero-order chi connectivity index (χ0) is 20.1. The fraction of sp³-hybridized carbons (Fsp3) is 0.111. The van der Waals surface area contributed by atoms with Crippen molar-refractivity contribution in [2.75, 3.05) is 17.7 Å². The molecule has 0 spiro atoms. The van der Waals surface area contributed by atoms with E-state index in [1.165, 1.54) is 25.3 Å². The third kappa shape index (κ3) is 5.05. The number of non-ortho nitro benzene ring substituents is 1. The Labute approximate surface area is 174 Å². The number of nitrogens with zero attached hydrogens (tertiary/aromatic N) is 3. The lowest BCUT2D eigenvalue weighted by Gasteiger charge is -2.12. The second-order valence-electron chi connectivity index (χ2n) is 5.75. The van der Waals surface area contributed by atoms with Gasteiger partial charge in [0.2, 0.25) is 0 Å². The van der Waals surface area contributed by atoms with Crippen LogP contribution in [0.1, 0.15) is 5.56 Å². The predicted molar refractivity (Wildman–Crippen MR) is 115 cm³/mol. The average Bonchev–Trinajstić information content (AvgIpc) is 3.10. The van der Waals surface area contributed by atoms with E-state index in [0.717, 1.165) is 10.0 Å². The van der Waals surface area contributed by atoms with Gasteiger partial charge in [0.1, 0.15) is 5.75 Å². The van der Waals surface area contributed by atoms with Gasteiger partial charge in [0.05, 0.1) is 30.3 Å². The summed E-state index contributed by atoms with van der Waals surface area (Å²) < 4.78 is 8.01. The summed E-state index contributed by atoms with van der Waals surface area (Å²) in [6.45, 7) is 0.630. The topological polar surface area (TPSA) is 94.3 Å². The number of hydrogen-bond donors (Lipinski definition) is 2. The van der Waals surface area contributed by atoms with Crippen LogP contribution in [0.25, 0.3) is 0 Å². The Hall–Kier alpha value is -2.98. The number of halogens is 1. The minimum Gasteiger partial charge on any atom is -0.494 e. The fourth-order valence-electron chi connectivity index (χ4n) is 2.46. The molecule has 0 bridgehead atoms. The van der Waals surface area contributed by atoms with Crippen molar-refractivity contribution in [1.82, 2.24) is 9.78 Å². The van der Waals surface area contributed by atoms with Crippen LogP contribution in [0, 0.1) is 10.1 Å². The van der Waals surface area contributed by atoms with E-state index in [0.29, 0.717) is 28.9 Å². The van der Waals surface area contributed by atoms with Gasteiger partial charge in [-0.1, -0.05) is 28.1 Å². The number of benzene rings is 2. The lowest BCUT2D eigenvalue weighted by Crippen LogP contribution is -2.20. The first-order valence-corrected chi connectivity index (χ1v) is 9.33. The molecule has 2 N–H and O–H groups in total. The molecule has 10 heteroatoms. The maximum absolute atomic E-state index is 10.9. The molecule has 0 saturated heterocycles. The van der Waals surface area contributed by atoms with Gasteiger partial charge in [-0.25, -0.2) is 0 Å². The summed E-state index contributed by atoms with van der Waals surface area (Å²) in [5.41, 5.74) is 1.57. The molecule has 0 aliphatic rings. The summed E-state index contributed by atoms with van der Waals surface area (Å²) in [6, 6.07) is 14.1. The van der Waals surface area contributed by atoms with Gasteiger partial charge in [0.25, 0.3) is 5.69 Å². The number of anilines is 2. The maximum atomic E-state index is 10.9. The Morgan fingerprint density at radius 1 is 1.25 bits per heavy atom. The minimum atomic E-state index is -0.485. The number of nitro benzene ring substituents is 1. The van der Waals surface area contributed by atoms with Crippen molar-refractivity contribution < 1.29 is 9.66 Å². The number of methoxy groups -OCH3 is 1. The van der Waals surface area contributed by atoms with E-state index in [2.05, 4.69) is 31.7 Å². The Kier molecular flexibility index (Phi) is 6.22. The third-order valence-corrected chi connectivity index (χ3v) is 4.52. The SMILES string of the molecule is COc1cc([N+](=O)[O-])ccc1NC(=S)Nc1ccn(Cc2ccc(Br)cc2)n1. The van der Waals surface area contributed by atoms with E-state index >= 15 is 0 Å². The molecule has 0 fully saturated rings. The quantitative estimate of drug-likeness (QED) is 0.318. The summed E-state index contributed by atoms with van der Waals surface area (Å²) in [7, 11) is 1.44. The van der Waals surface area contributed by atoms with Crippen LogP contribution in [0.4, 0.5) is 17.2 Å². The Balaban J connectivity index is 1.63. The number of rotatable bonds is 6. The maximum Gasteiger partial charge on any atom is 0.273 e. The second-order valence-corrected chi connectivity index (χ2v) is 7.07. The van der Waals surface area contributed by atoms with Gasteiger partial charge in [0, 0.05) is 22.8 Å². The molecule has 3 aromatic rings. The minimum absolute atomic E-state index is 0.0621. The molecule has 28 heavy (non-hydrogen) atoms. The zero-order valence-corrected chi connectivity index (χ0v) is 17.2. The standard InChI is InChI=1S/C18H16BrN5O3S/c1-27-16-10-14(24(25)26)6-7-15(16)20-18(28)21-17-8-9-23(22-17)11-12-2-4-13(19)5-3-12/h2-10H,11H2,1H3,(H2,20,21,22,28). The smallest absolute Gasteiger partial charge is 0.273 e. The number of aromatic nitrogens is 2. The van der Waals surface area contributed by atoms with E-state index in [4.69, 9.17) is 17.0 Å². The number of nitrogens with one attached hydrogen (secondary N) is 2. The van der Waals surface area contributed by atoms with Gasteiger partial charge in [-0.15, -0.1) is 0 Å². The largest absolute Gasteiger partial charge is 0.494 e. The molecule has 0 aliphatic carbocycles. The van der Waals surface area contributed by atoms with Gasteiger partial charge in [0.15, 0.2) is 10.9 Å². The number of ether oxygens (including phenoxy) is 1. The molecule has 0 unspecified atom stereocenters. The van der Waals surface area contributed by atoms with Gasteiger partial charge in [-0.2, -0.15) is 5.10 Å². The van der Waals surface area contributed by atoms with E-state index < -0.39 is 4.92 Å². The molecule has 0 atom stereocenters. The lowest BCUT2D eigenvalue weighted by molar-refractivity contribution is -0.384. The highest BCUT2D eigenvalue weighted by Gasteiger charge is 2.12. The zero-order valence-electron chi connectivity index (χ0n) is 14.8. The molecule has 0 radical (unpaired) electrons. The molecule has 0 saturated carbocycles. The van der Waals surface area contributed by atoms with Crippen molar-refractivity contribution in [1.29, 1.82) is 0 Å². The molecule has 2 aromatic carbocycles. The van der Waals surface area contributed by atoms with Crippen molar-refractivity contribution in [3.63, 3.8) is 0 Å². The van der Waals surface area contributed by atoms with E-state index in [1.807, 2.05) is 30.5 Å². The Morgan fingerprint density at radius 2 is 2.00 bits per heavy atom. The van der Waals surface area contributed by atoms with E-state index in [1.54, 1.807) is 10.7 Å². The highest BCUT2D eigenvalue weighted by atomic mass is 79.9. The number of hydrogen-bond acceptors (Lipinski definition) is 5. The lowest BCUT2D eigenvalue weighted by atomic mass is 10.2. The molecule has 8 nitrogen and oxygen atoms in total. The molecule has 3 rings (SSSR count). The van der Waals surface area contributed by atoms with Crippen LogP contribution in [0.15, 0.2) is 59.2 Å². The highest BCUT2D eigenvalue weighted by Crippen LogP contribution is 2.29. The molecule has 0 aliphatic heterocycles. The van der Waals surface area contributed by atoms with Crippen molar-refractivity contribution in [3.8, 4) is 5.75 Å². The highest BCUT2D eigenvalue weighted by molar-refractivity contribution is 9.10. The third-order valence-electron chi connectivity index (χ3n) is 3.78. The molecule has 1 heterocycles. The first-order valence-electron chi connectivity index (χ1n) is 8.13. The Bertz CT molecular complexity index is 1010.